The lowest BCUT2D eigenvalue weighted by molar-refractivity contribution is -0.0494. The summed E-state index contributed by atoms with van der Waals surface area (Å²) in [4.78, 5) is 12.4. The van der Waals surface area contributed by atoms with E-state index in [4.69, 9.17) is 16.3 Å². The number of amides is 1. The Kier molecular flexibility index (Phi) is 6.33. The van der Waals surface area contributed by atoms with Crippen LogP contribution in [0.3, 0.4) is 0 Å². The van der Waals surface area contributed by atoms with Gasteiger partial charge in [0.1, 0.15) is 11.5 Å². The first-order valence-electron chi connectivity index (χ1n) is 8.61. The molecule has 3 aromatic rings. The largest absolute Gasteiger partial charge is 0.470 e. The number of rotatable bonds is 7. The number of anilines is 1. The predicted octanol–water partition coefficient (Wildman–Crippen LogP) is 5.04. The zero-order valence-electron chi connectivity index (χ0n) is 15.7. The molecule has 0 fully saturated rings. The molecule has 1 amide bonds. The van der Waals surface area contributed by atoms with Crippen molar-refractivity contribution in [3.05, 3.63) is 70.5 Å². The Morgan fingerprint density at radius 1 is 1.14 bits per heavy atom. The van der Waals surface area contributed by atoms with E-state index in [1.807, 2.05) is 13.0 Å². The zero-order chi connectivity index (χ0) is 21.0. The average molecular weight is 422 g/mol. The van der Waals surface area contributed by atoms with E-state index in [1.54, 1.807) is 31.3 Å². The van der Waals surface area contributed by atoms with Crippen molar-refractivity contribution in [3.63, 3.8) is 0 Å². The molecule has 0 radical (unpaired) electrons. The number of aromatic nitrogens is 2. The van der Waals surface area contributed by atoms with Crippen molar-refractivity contribution in [2.45, 2.75) is 27.2 Å². The molecule has 1 N–H and O–H groups in total. The van der Waals surface area contributed by atoms with Crippen LogP contribution in [0.5, 0.6) is 11.5 Å². The number of carbonyl (C=O) groups is 1. The van der Waals surface area contributed by atoms with Gasteiger partial charge >= 0.3 is 6.61 Å². The fourth-order valence-corrected chi connectivity index (χ4v) is 2.70. The van der Waals surface area contributed by atoms with Crippen LogP contribution in [0, 0.1) is 13.8 Å². The fourth-order valence-electron chi connectivity index (χ4n) is 2.52. The number of hydrogen-bond donors (Lipinski definition) is 1. The maximum absolute atomic E-state index is 12.6. The van der Waals surface area contributed by atoms with Crippen LogP contribution < -0.4 is 14.8 Å². The molecule has 1 heterocycles. The van der Waals surface area contributed by atoms with Gasteiger partial charge in [0.25, 0.3) is 5.91 Å². The molecule has 2 aromatic carbocycles. The third kappa shape index (κ3) is 5.45. The second-order valence-corrected chi connectivity index (χ2v) is 6.69. The minimum atomic E-state index is -3.00. The molecule has 152 valence electrons. The quantitative estimate of drug-likeness (QED) is 0.580. The number of aryl methyl sites for hydroxylation is 2. The number of benzene rings is 2. The minimum absolute atomic E-state index is 0.0424. The average Bonchev–Trinajstić information content (AvgIpc) is 3.13. The Balaban J connectivity index is 1.67. The van der Waals surface area contributed by atoms with Crippen LogP contribution in [0.1, 0.15) is 21.6 Å². The molecule has 0 unspecified atom stereocenters. The molecule has 6 nitrogen and oxygen atoms in total. The van der Waals surface area contributed by atoms with E-state index in [0.717, 1.165) is 11.1 Å². The van der Waals surface area contributed by atoms with Crippen molar-refractivity contribution in [1.82, 2.24) is 9.78 Å². The van der Waals surface area contributed by atoms with E-state index >= 15 is 0 Å². The molecule has 1 aromatic heterocycles. The van der Waals surface area contributed by atoms with Gasteiger partial charge < -0.3 is 14.8 Å². The van der Waals surface area contributed by atoms with Crippen molar-refractivity contribution in [2.24, 2.45) is 0 Å². The molecular formula is C20H18ClF2N3O3. The van der Waals surface area contributed by atoms with Crippen molar-refractivity contribution in [2.75, 3.05) is 5.32 Å². The Morgan fingerprint density at radius 3 is 2.55 bits per heavy atom. The number of ether oxygens (including phenoxy) is 2. The summed E-state index contributed by atoms with van der Waals surface area (Å²) in [5, 5.41) is 7.12. The van der Waals surface area contributed by atoms with Gasteiger partial charge in [0, 0.05) is 6.20 Å². The molecule has 0 spiro atoms. The summed E-state index contributed by atoms with van der Waals surface area (Å²) >= 11 is 6.09. The summed E-state index contributed by atoms with van der Waals surface area (Å²) in [7, 11) is 0. The molecule has 0 aliphatic carbocycles. The van der Waals surface area contributed by atoms with Gasteiger partial charge in [0.05, 0.1) is 10.7 Å². The van der Waals surface area contributed by atoms with E-state index in [1.165, 1.54) is 22.9 Å². The molecular weight excluding hydrogens is 404 g/mol. The number of carbonyl (C=O) groups excluding carboxylic acids is 1. The van der Waals surface area contributed by atoms with E-state index < -0.39 is 12.5 Å². The number of nitrogens with zero attached hydrogens (tertiary/aromatic N) is 2. The lowest BCUT2D eigenvalue weighted by Crippen LogP contribution is -2.15. The molecule has 0 aliphatic heterocycles. The van der Waals surface area contributed by atoms with Crippen LogP contribution in [0.15, 0.2) is 48.7 Å². The van der Waals surface area contributed by atoms with Gasteiger partial charge in [-0.1, -0.05) is 23.7 Å². The van der Waals surface area contributed by atoms with Gasteiger partial charge in [-0.2, -0.15) is 13.9 Å². The predicted molar refractivity (Wildman–Crippen MR) is 105 cm³/mol. The molecule has 0 atom stereocenters. The summed E-state index contributed by atoms with van der Waals surface area (Å²) in [6.07, 6.45) is 1.56. The molecule has 0 bridgehead atoms. The van der Waals surface area contributed by atoms with Gasteiger partial charge in [-0.3, -0.25) is 4.79 Å². The normalized spacial score (nSPS) is 10.8. The maximum Gasteiger partial charge on any atom is 0.387 e. The number of alkyl halides is 2. The number of nitrogens with one attached hydrogen (secondary N) is 1. The van der Waals surface area contributed by atoms with Crippen molar-refractivity contribution in [1.29, 1.82) is 0 Å². The molecule has 0 saturated heterocycles. The fraction of sp³-hybridized carbons (Fsp3) is 0.200. The highest BCUT2D eigenvalue weighted by atomic mass is 35.5. The molecule has 9 heteroatoms. The first kappa shape index (κ1) is 20.6. The first-order chi connectivity index (χ1) is 13.8. The highest BCUT2D eigenvalue weighted by Crippen LogP contribution is 2.28. The van der Waals surface area contributed by atoms with Gasteiger partial charge in [-0.05, 0) is 55.3 Å². The zero-order valence-corrected chi connectivity index (χ0v) is 16.4. The highest BCUT2D eigenvalue weighted by Gasteiger charge is 2.15. The summed E-state index contributed by atoms with van der Waals surface area (Å²) < 4.78 is 36.7. The van der Waals surface area contributed by atoms with Crippen LogP contribution in [0.2, 0.25) is 5.02 Å². The molecule has 0 saturated carbocycles. The van der Waals surface area contributed by atoms with Gasteiger partial charge in [0.2, 0.25) is 0 Å². The molecule has 29 heavy (non-hydrogen) atoms. The summed E-state index contributed by atoms with van der Waals surface area (Å²) in [5.74, 6) is -0.188. The summed E-state index contributed by atoms with van der Waals surface area (Å²) in [5.41, 5.74) is 1.92. The van der Waals surface area contributed by atoms with Crippen molar-refractivity contribution >= 4 is 23.2 Å². The Hall–Kier alpha value is -3.13. The van der Waals surface area contributed by atoms with Gasteiger partial charge in [-0.15, -0.1) is 0 Å². The Bertz CT molecular complexity index is 1020. The van der Waals surface area contributed by atoms with Crippen LogP contribution in [0.4, 0.5) is 14.5 Å². The summed E-state index contributed by atoms with van der Waals surface area (Å²) in [6.45, 7) is 0.681. The van der Waals surface area contributed by atoms with E-state index in [2.05, 4.69) is 15.2 Å². The van der Waals surface area contributed by atoms with Crippen molar-refractivity contribution < 1.29 is 23.0 Å². The van der Waals surface area contributed by atoms with Crippen LogP contribution in [-0.4, -0.2) is 22.3 Å². The monoisotopic (exact) mass is 421 g/mol. The standard InChI is InChI=1S/C20H18ClF2N3O3/c1-12-3-5-14(21)17(9-12)28-11-26-8-7-16(25-26)19(27)24-15-6-4-13(2)10-18(15)29-20(22)23/h3-10,20H,11H2,1-2H3,(H,24,27). The van der Waals surface area contributed by atoms with Crippen LogP contribution in [-0.2, 0) is 6.73 Å². The second kappa shape index (κ2) is 8.91. The van der Waals surface area contributed by atoms with Crippen molar-refractivity contribution in [3.8, 4) is 11.5 Å². The first-order valence-corrected chi connectivity index (χ1v) is 8.99. The van der Waals surface area contributed by atoms with Crippen LogP contribution in [0.25, 0.3) is 0 Å². The topological polar surface area (TPSA) is 65.4 Å². The van der Waals surface area contributed by atoms with E-state index in [-0.39, 0.29) is 23.9 Å². The smallest absolute Gasteiger partial charge is 0.387 e. The van der Waals surface area contributed by atoms with E-state index in [9.17, 15) is 13.6 Å². The van der Waals surface area contributed by atoms with E-state index in [0.29, 0.717) is 10.8 Å². The SMILES string of the molecule is Cc1ccc(Cl)c(OCn2ccc(C(=O)Nc3ccc(C)cc3OC(F)F)n2)c1. The third-order valence-corrected chi connectivity index (χ3v) is 4.23. The minimum Gasteiger partial charge on any atom is -0.470 e. The Morgan fingerprint density at radius 2 is 1.83 bits per heavy atom. The third-order valence-electron chi connectivity index (χ3n) is 3.91. The maximum atomic E-state index is 12.6. The number of halogens is 3. The highest BCUT2D eigenvalue weighted by molar-refractivity contribution is 6.32. The van der Waals surface area contributed by atoms with Gasteiger partial charge in [-0.25, -0.2) is 4.68 Å². The number of hydrogen-bond acceptors (Lipinski definition) is 4. The van der Waals surface area contributed by atoms with Gasteiger partial charge in [0.15, 0.2) is 12.4 Å². The second-order valence-electron chi connectivity index (χ2n) is 6.28. The van der Waals surface area contributed by atoms with Crippen LogP contribution >= 0.6 is 11.6 Å². The lowest BCUT2D eigenvalue weighted by Gasteiger charge is -2.12. The summed E-state index contributed by atoms with van der Waals surface area (Å²) in [6, 6.07) is 11.5. The lowest BCUT2D eigenvalue weighted by atomic mass is 10.2. The molecule has 3 rings (SSSR count). The Labute approximate surface area is 171 Å². The molecule has 0 aliphatic rings.